The van der Waals surface area contributed by atoms with Crippen LogP contribution in [0.15, 0.2) is 42.5 Å². The number of nitrogens with one attached hydrogen (secondary N) is 1. The van der Waals surface area contributed by atoms with Crippen LogP contribution in [-0.4, -0.2) is 49.6 Å². The highest BCUT2D eigenvalue weighted by atomic mass is 16.1. The van der Waals surface area contributed by atoms with Gasteiger partial charge in [0.1, 0.15) is 0 Å². The fraction of sp³-hybridized carbons (Fsp3) is 0.571. The minimum atomic E-state index is 0.182. The lowest BCUT2D eigenvalue weighted by molar-refractivity contribution is -0.125. The SMILES string of the molecule is C[C@H](CCN1CCN(c2ccccc2)CC1)NC(=O)[C@H]1CC=CCC1. The Morgan fingerprint density at radius 1 is 1.16 bits per heavy atom. The molecule has 1 aromatic carbocycles. The molecule has 0 saturated carbocycles. The number of rotatable bonds is 6. The molecular weight excluding hydrogens is 310 g/mol. The second kappa shape index (κ2) is 9.04. The molecule has 2 aliphatic rings. The first kappa shape index (κ1) is 18.0. The largest absolute Gasteiger partial charge is 0.369 e. The molecule has 1 aliphatic heterocycles. The molecule has 1 heterocycles. The molecule has 4 heteroatoms. The molecule has 1 aliphatic carbocycles. The number of carbonyl (C=O) groups is 1. The Morgan fingerprint density at radius 2 is 1.92 bits per heavy atom. The van der Waals surface area contributed by atoms with Crippen molar-refractivity contribution in [2.45, 2.75) is 38.6 Å². The van der Waals surface area contributed by atoms with Gasteiger partial charge in [-0.2, -0.15) is 0 Å². The number of allylic oxidation sites excluding steroid dienone is 2. The van der Waals surface area contributed by atoms with Crippen LogP contribution in [0, 0.1) is 5.92 Å². The maximum absolute atomic E-state index is 12.3. The number of hydrogen-bond donors (Lipinski definition) is 1. The molecule has 0 bridgehead atoms. The van der Waals surface area contributed by atoms with Gasteiger partial charge in [-0.05, 0) is 44.7 Å². The van der Waals surface area contributed by atoms with Gasteiger partial charge >= 0.3 is 0 Å². The average molecular weight is 341 g/mol. The third-order valence-electron chi connectivity index (χ3n) is 5.40. The Morgan fingerprint density at radius 3 is 2.60 bits per heavy atom. The molecule has 1 aromatic rings. The molecule has 0 aromatic heterocycles. The van der Waals surface area contributed by atoms with E-state index in [1.807, 2.05) is 0 Å². The third kappa shape index (κ3) is 5.33. The number of para-hydroxylation sites is 1. The van der Waals surface area contributed by atoms with Crippen LogP contribution in [0.4, 0.5) is 5.69 Å². The highest BCUT2D eigenvalue weighted by molar-refractivity contribution is 5.79. The summed E-state index contributed by atoms with van der Waals surface area (Å²) >= 11 is 0. The molecule has 0 radical (unpaired) electrons. The first-order valence-corrected chi connectivity index (χ1v) is 9.70. The molecule has 25 heavy (non-hydrogen) atoms. The fourth-order valence-corrected chi connectivity index (χ4v) is 3.71. The highest BCUT2D eigenvalue weighted by Crippen LogP contribution is 2.19. The van der Waals surface area contributed by atoms with Gasteiger partial charge in [-0.1, -0.05) is 30.4 Å². The van der Waals surface area contributed by atoms with E-state index in [1.165, 1.54) is 5.69 Å². The van der Waals surface area contributed by atoms with Gasteiger partial charge in [0.15, 0.2) is 0 Å². The molecule has 1 N–H and O–H groups in total. The van der Waals surface area contributed by atoms with Crippen LogP contribution in [0.3, 0.4) is 0 Å². The van der Waals surface area contributed by atoms with Gasteiger partial charge in [-0.25, -0.2) is 0 Å². The zero-order valence-electron chi connectivity index (χ0n) is 15.4. The summed E-state index contributed by atoms with van der Waals surface area (Å²) in [4.78, 5) is 17.3. The predicted octanol–water partition coefficient (Wildman–Crippen LogP) is 3.06. The van der Waals surface area contributed by atoms with Gasteiger partial charge in [0.2, 0.25) is 5.91 Å². The molecule has 1 fully saturated rings. The van der Waals surface area contributed by atoms with E-state index in [2.05, 4.69) is 64.5 Å². The Kier molecular flexibility index (Phi) is 6.51. The van der Waals surface area contributed by atoms with E-state index in [4.69, 9.17) is 0 Å². The highest BCUT2D eigenvalue weighted by Gasteiger charge is 2.21. The van der Waals surface area contributed by atoms with Crippen molar-refractivity contribution in [3.05, 3.63) is 42.5 Å². The quantitative estimate of drug-likeness (QED) is 0.808. The predicted molar refractivity (Wildman–Crippen MR) is 104 cm³/mol. The van der Waals surface area contributed by atoms with Crippen molar-refractivity contribution in [3.8, 4) is 0 Å². The summed E-state index contributed by atoms with van der Waals surface area (Å²) in [5.74, 6) is 0.424. The summed E-state index contributed by atoms with van der Waals surface area (Å²) in [6.45, 7) is 7.57. The topological polar surface area (TPSA) is 35.6 Å². The molecule has 2 atom stereocenters. The smallest absolute Gasteiger partial charge is 0.223 e. The Balaban J connectivity index is 1.35. The number of carbonyl (C=O) groups excluding carboxylic acids is 1. The minimum Gasteiger partial charge on any atom is -0.369 e. The molecule has 0 spiro atoms. The van der Waals surface area contributed by atoms with Gasteiger partial charge in [0, 0.05) is 50.4 Å². The van der Waals surface area contributed by atoms with Gasteiger partial charge in [-0.15, -0.1) is 0 Å². The van der Waals surface area contributed by atoms with Crippen LogP contribution in [0.2, 0.25) is 0 Å². The van der Waals surface area contributed by atoms with Crippen LogP contribution >= 0.6 is 0 Å². The molecule has 0 unspecified atom stereocenters. The Labute approximate surface area is 151 Å². The van der Waals surface area contributed by atoms with Crippen LogP contribution < -0.4 is 10.2 Å². The standard InChI is InChI=1S/C21H31N3O/c1-18(22-21(25)19-8-4-2-5-9-19)12-13-23-14-16-24(17-15-23)20-10-6-3-7-11-20/h2-4,6-7,10-11,18-19H,5,8-9,12-17H2,1H3,(H,22,25)/t18-,19+/m1/s1. The van der Waals surface area contributed by atoms with Crippen LogP contribution in [0.1, 0.15) is 32.6 Å². The van der Waals surface area contributed by atoms with E-state index in [0.29, 0.717) is 0 Å². The molecule has 136 valence electrons. The number of amides is 1. The summed E-state index contributed by atoms with van der Waals surface area (Å²) in [6, 6.07) is 10.9. The van der Waals surface area contributed by atoms with Gasteiger partial charge < -0.3 is 10.2 Å². The van der Waals surface area contributed by atoms with Crippen molar-refractivity contribution in [1.82, 2.24) is 10.2 Å². The number of hydrogen-bond acceptors (Lipinski definition) is 3. The van der Waals surface area contributed by atoms with Gasteiger partial charge in [-0.3, -0.25) is 9.69 Å². The maximum atomic E-state index is 12.3. The third-order valence-corrected chi connectivity index (χ3v) is 5.40. The second-order valence-corrected chi connectivity index (χ2v) is 7.34. The van der Waals surface area contributed by atoms with E-state index < -0.39 is 0 Å². The summed E-state index contributed by atoms with van der Waals surface area (Å²) < 4.78 is 0. The molecule has 3 rings (SSSR count). The zero-order valence-corrected chi connectivity index (χ0v) is 15.4. The molecule has 4 nitrogen and oxygen atoms in total. The summed E-state index contributed by atoms with van der Waals surface area (Å²) in [7, 11) is 0. The van der Waals surface area contributed by atoms with E-state index in [0.717, 1.165) is 58.4 Å². The first-order chi connectivity index (χ1) is 12.2. The molecule has 1 saturated heterocycles. The number of anilines is 1. The minimum absolute atomic E-state index is 0.182. The van der Waals surface area contributed by atoms with Crippen molar-refractivity contribution >= 4 is 11.6 Å². The number of benzene rings is 1. The fourth-order valence-electron chi connectivity index (χ4n) is 3.71. The molecule has 1 amide bonds. The average Bonchev–Trinajstić information content (AvgIpc) is 2.68. The van der Waals surface area contributed by atoms with Crippen LogP contribution in [-0.2, 0) is 4.79 Å². The lowest BCUT2D eigenvalue weighted by atomic mass is 9.93. The second-order valence-electron chi connectivity index (χ2n) is 7.34. The van der Waals surface area contributed by atoms with Gasteiger partial charge in [0.25, 0.3) is 0 Å². The summed E-state index contributed by atoms with van der Waals surface area (Å²) in [5.41, 5.74) is 1.32. The maximum Gasteiger partial charge on any atom is 0.223 e. The monoisotopic (exact) mass is 341 g/mol. The first-order valence-electron chi connectivity index (χ1n) is 9.70. The van der Waals surface area contributed by atoms with E-state index in [1.54, 1.807) is 0 Å². The number of piperazine rings is 1. The lowest BCUT2D eigenvalue weighted by Crippen LogP contribution is -2.48. The van der Waals surface area contributed by atoms with E-state index in [9.17, 15) is 4.79 Å². The number of nitrogens with zero attached hydrogens (tertiary/aromatic N) is 2. The normalized spacial score (nSPS) is 22.6. The van der Waals surface area contributed by atoms with Crippen LogP contribution in [0.5, 0.6) is 0 Å². The Bertz CT molecular complexity index is 564. The summed E-state index contributed by atoms with van der Waals surface area (Å²) in [6.07, 6.45) is 8.29. The van der Waals surface area contributed by atoms with Crippen LogP contribution in [0.25, 0.3) is 0 Å². The van der Waals surface area contributed by atoms with Crippen molar-refractivity contribution < 1.29 is 4.79 Å². The lowest BCUT2D eigenvalue weighted by Gasteiger charge is -2.36. The zero-order chi connectivity index (χ0) is 17.5. The molecular formula is C21H31N3O. The van der Waals surface area contributed by atoms with E-state index in [-0.39, 0.29) is 17.9 Å². The van der Waals surface area contributed by atoms with Crippen molar-refractivity contribution in [3.63, 3.8) is 0 Å². The summed E-state index contributed by atoms with van der Waals surface area (Å²) in [5, 5.41) is 3.21. The van der Waals surface area contributed by atoms with Crippen molar-refractivity contribution in [1.29, 1.82) is 0 Å². The van der Waals surface area contributed by atoms with Crippen molar-refractivity contribution in [2.75, 3.05) is 37.6 Å². The van der Waals surface area contributed by atoms with Gasteiger partial charge in [0.05, 0.1) is 0 Å². The van der Waals surface area contributed by atoms with E-state index >= 15 is 0 Å². The van der Waals surface area contributed by atoms with Crippen molar-refractivity contribution in [2.24, 2.45) is 5.92 Å². The Hall–Kier alpha value is -1.81.